The number of halogens is 2. The number of morpholine rings is 1. The summed E-state index contributed by atoms with van der Waals surface area (Å²) in [5, 5.41) is 0. The summed E-state index contributed by atoms with van der Waals surface area (Å²) in [6.45, 7) is 2.60. The van der Waals surface area contributed by atoms with Crippen molar-refractivity contribution in [1.29, 1.82) is 0 Å². The predicted octanol–water partition coefficient (Wildman–Crippen LogP) is 2.29. The first-order valence-electron chi connectivity index (χ1n) is 6.40. The van der Waals surface area contributed by atoms with Gasteiger partial charge in [-0.05, 0) is 12.8 Å². The molecule has 0 unspecified atom stereocenters. The maximum absolute atomic E-state index is 14.0. The van der Waals surface area contributed by atoms with Crippen molar-refractivity contribution in [3.8, 4) is 0 Å². The first-order valence-corrected chi connectivity index (χ1v) is 6.40. The van der Waals surface area contributed by atoms with Gasteiger partial charge in [-0.15, -0.1) is 0 Å². The lowest BCUT2D eigenvalue weighted by atomic mass is 10.0. The fraction of sp³-hybridized carbons (Fsp3) is 1.00. The van der Waals surface area contributed by atoms with Crippen molar-refractivity contribution in [2.24, 2.45) is 5.92 Å². The van der Waals surface area contributed by atoms with Crippen molar-refractivity contribution in [2.45, 2.75) is 43.6 Å². The van der Waals surface area contributed by atoms with E-state index in [2.05, 4.69) is 0 Å². The number of fused-ring (bicyclic) bond motifs is 1. The summed E-state index contributed by atoms with van der Waals surface area (Å²) in [7, 11) is 0. The number of hydrogen-bond donors (Lipinski definition) is 0. The Labute approximate surface area is 94.9 Å². The van der Waals surface area contributed by atoms with E-state index in [9.17, 15) is 8.78 Å². The highest BCUT2D eigenvalue weighted by atomic mass is 19.3. The minimum atomic E-state index is -2.44. The van der Waals surface area contributed by atoms with Gasteiger partial charge in [-0.1, -0.05) is 19.3 Å². The van der Waals surface area contributed by atoms with Gasteiger partial charge in [-0.25, -0.2) is 8.78 Å². The summed E-state index contributed by atoms with van der Waals surface area (Å²) in [4.78, 5) is 2.02. The molecule has 1 heterocycles. The molecule has 2 atom stereocenters. The largest absolute Gasteiger partial charge is 0.379 e. The Bertz CT molecular complexity index is 278. The fourth-order valence-corrected chi connectivity index (χ4v) is 3.75. The standard InChI is InChI=1S/C12H19F2NO/c13-12(14)10-4-2-1-3-5-11(10,12)15-6-8-16-9-7-15/h10H,1-9H2/t10-,11-/m0/s1. The fourth-order valence-electron chi connectivity index (χ4n) is 3.75. The minimum absolute atomic E-state index is 0.374. The van der Waals surface area contributed by atoms with Gasteiger partial charge in [0.2, 0.25) is 0 Å². The molecule has 2 aliphatic carbocycles. The van der Waals surface area contributed by atoms with Crippen LogP contribution >= 0.6 is 0 Å². The van der Waals surface area contributed by atoms with Crippen molar-refractivity contribution in [3.63, 3.8) is 0 Å². The molecule has 0 aromatic heterocycles. The monoisotopic (exact) mass is 231 g/mol. The van der Waals surface area contributed by atoms with Crippen LogP contribution in [0.3, 0.4) is 0 Å². The molecule has 16 heavy (non-hydrogen) atoms. The molecule has 2 nitrogen and oxygen atoms in total. The molecule has 2 saturated carbocycles. The van der Waals surface area contributed by atoms with Crippen LogP contribution in [0.2, 0.25) is 0 Å². The first-order chi connectivity index (χ1) is 7.69. The van der Waals surface area contributed by atoms with Crippen molar-refractivity contribution >= 4 is 0 Å². The zero-order chi connectivity index (χ0) is 11.2. The molecular weight excluding hydrogens is 212 g/mol. The lowest BCUT2D eigenvalue weighted by Gasteiger charge is -2.35. The van der Waals surface area contributed by atoms with E-state index in [4.69, 9.17) is 4.74 Å². The number of alkyl halides is 2. The summed E-state index contributed by atoms with van der Waals surface area (Å²) >= 11 is 0. The van der Waals surface area contributed by atoms with E-state index in [0.29, 0.717) is 39.1 Å². The van der Waals surface area contributed by atoms with Crippen LogP contribution in [0.25, 0.3) is 0 Å². The van der Waals surface area contributed by atoms with Gasteiger partial charge in [0, 0.05) is 19.0 Å². The van der Waals surface area contributed by atoms with Gasteiger partial charge >= 0.3 is 0 Å². The zero-order valence-electron chi connectivity index (χ0n) is 9.55. The lowest BCUT2D eigenvalue weighted by molar-refractivity contribution is -0.0366. The molecular formula is C12H19F2NO. The molecule has 3 fully saturated rings. The van der Waals surface area contributed by atoms with Crippen LogP contribution in [0.15, 0.2) is 0 Å². The zero-order valence-corrected chi connectivity index (χ0v) is 9.55. The predicted molar refractivity (Wildman–Crippen MR) is 56.6 cm³/mol. The molecule has 0 radical (unpaired) electrons. The third-order valence-corrected chi connectivity index (χ3v) is 4.63. The maximum atomic E-state index is 14.0. The average Bonchev–Trinajstić information content (AvgIpc) is 2.87. The second-order valence-electron chi connectivity index (χ2n) is 5.30. The van der Waals surface area contributed by atoms with Gasteiger partial charge in [0.1, 0.15) is 0 Å². The van der Waals surface area contributed by atoms with E-state index in [1.807, 2.05) is 4.90 Å². The highest BCUT2D eigenvalue weighted by molar-refractivity contribution is 5.26. The Morgan fingerprint density at radius 1 is 1.06 bits per heavy atom. The Hall–Kier alpha value is -0.220. The molecule has 0 aromatic rings. The molecule has 1 saturated heterocycles. The SMILES string of the molecule is FC1(F)[C@H]2CCCCC[C@]21N1CCOCC1. The highest BCUT2D eigenvalue weighted by Gasteiger charge is 2.81. The van der Waals surface area contributed by atoms with Gasteiger partial charge in [0.15, 0.2) is 0 Å². The van der Waals surface area contributed by atoms with Crippen molar-refractivity contribution in [3.05, 3.63) is 0 Å². The van der Waals surface area contributed by atoms with Crippen molar-refractivity contribution in [1.82, 2.24) is 4.90 Å². The van der Waals surface area contributed by atoms with Gasteiger partial charge in [-0.3, -0.25) is 4.90 Å². The van der Waals surface area contributed by atoms with Gasteiger partial charge in [0.25, 0.3) is 5.92 Å². The molecule has 3 rings (SSSR count). The van der Waals surface area contributed by atoms with Crippen LogP contribution in [0.1, 0.15) is 32.1 Å². The Balaban J connectivity index is 1.83. The van der Waals surface area contributed by atoms with Crippen LogP contribution in [-0.2, 0) is 4.74 Å². The van der Waals surface area contributed by atoms with Crippen LogP contribution in [-0.4, -0.2) is 42.7 Å². The van der Waals surface area contributed by atoms with Crippen LogP contribution in [0.4, 0.5) is 8.78 Å². The number of hydrogen-bond acceptors (Lipinski definition) is 2. The van der Waals surface area contributed by atoms with E-state index >= 15 is 0 Å². The Morgan fingerprint density at radius 2 is 1.81 bits per heavy atom. The van der Waals surface area contributed by atoms with Crippen molar-refractivity contribution in [2.75, 3.05) is 26.3 Å². The molecule has 0 amide bonds. The average molecular weight is 231 g/mol. The van der Waals surface area contributed by atoms with E-state index < -0.39 is 11.5 Å². The molecule has 0 bridgehead atoms. The van der Waals surface area contributed by atoms with E-state index in [-0.39, 0.29) is 5.92 Å². The number of rotatable bonds is 1. The van der Waals surface area contributed by atoms with Crippen LogP contribution < -0.4 is 0 Å². The smallest absolute Gasteiger partial charge is 0.271 e. The normalized spacial score (nSPS) is 43.5. The molecule has 0 aromatic carbocycles. The van der Waals surface area contributed by atoms with Crippen LogP contribution in [0.5, 0.6) is 0 Å². The van der Waals surface area contributed by atoms with E-state index in [1.165, 1.54) is 0 Å². The Kier molecular flexibility index (Phi) is 2.48. The quantitative estimate of drug-likeness (QED) is 0.686. The Morgan fingerprint density at radius 3 is 2.56 bits per heavy atom. The summed E-state index contributed by atoms with van der Waals surface area (Å²) < 4.78 is 33.3. The third kappa shape index (κ3) is 1.29. The lowest BCUT2D eigenvalue weighted by Crippen LogP contribution is -2.48. The third-order valence-electron chi connectivity index (χ3n) is 4.63. The van der Waals surface area contributed by atoms with E-state index in [0.717, 1.165) is 19.3 Å². The summed E-state index contributed by atoms with van der Waals surface area (Å²) in [6, 6.07) is 0. The molecule has 0 N–H and O–H groups in total. The second kappa shape index (κ2) is 3.64. The molecule has 3 aliphatic rings. The molecule has 0 spiro atoms. The first kappa shape index (κ1) is 10.9. The summed E-state index contributed by atoms with van der Waals surface area (Å²) in [6.07, 6.45) is 4.46. The summed E-state index contributed by atoms with van der Waals surface area (Å²) in [5.41, 5.74) is -0.784. The molecule has 1 aliphatic heterocycles. The second-order valence-corrected chi connectivity index (χ2v) is 5.30. The van der Waals surface area contributed by atoms with Crippen LogP contribution in [0, 0.1) is 5.92 Å². The summed E-state index contributed by atoms with van der Waals surface area (Å²) in [5.74, 6) is -2.81. The van der Waals surface area contributed by atoms with E-state index in [1.54, 1.807) is 0 Å². The van der Waals surface area contributed by atoms with Crippen molar-refractivity contribution < 1.29 is 13.5 Å². The van der Waals surface area contributed by atoms with Gasteiger partial charge in [0.05, 0.1) is 18.8 Å². The topological polar surface area (TPSA) is 12.5 Å². The van der Waals surface area contributed by atoms with Gasteiger partial charge < -0.3 is 4.74 Å². The number of nitrogens with zero attached hydrogens (tertiary/aromatic N) is 1. The minimum Gasteiger partial charge on any atom is -0.379 e. The molecule has 4 heteroatoms. The maximum Gasteiger partial charge on any atom is 0.271 e. The number of ether oxygens (including phenoxy) is 1. The van der Waals surface area contributed by atoms with Gasteiger partial charge in [-0.2, -0.15) is 0 Å². The molecule has 92 valence electrons. The highest BCUT2D eigenvalue weighted by Crippen LogP contribution is 2.67.